The summed E-state index contributed by atoms with van der Waals surface area (Å²) in [5.41, 5.74) is 1.04. The van der Waals surface area contributed by atoms with E-state index < -0.39 is 17.9 Å². The van der Waals surface area contributed by atoms with E-state index in [1.165, 1.54) is 0 Å². The Labute approximate surface area is 143 Å². The van der Waals surface area contributed by atoms with E-state index in [-0.39, 0.29) is 43.9 Å². The van der Waals surface area contributed by atoms with Crippen molar-refractivity contribution in [1.82, 2.24) is 4.98 Å². The van der Waals surface area contributed by atoms with Crippen molar-refractivity contribution in [1.29, 1.82) is 0 Å². The highest BCUT2D eigenvalue weighted by Crippen LogP contribution is 2.42. The highest BCUT2D eigenvalue weighted by Gasteiger charge is 2.47. The Balaban J connectivity index is 1.72. The minimum atomic E-state index is -2.67. The van der Waals surface area contributed by atoms with Gasteiger partial charge in [0.05, 0.1) is 11.4 Å². The molecule has 0 radical (unpaired) electrons. The van der Waals surface area contributed by atoms with Crippen molar-refractivity contribution in [3.05, 3.63) is 17.8 Å². The number of nitrogens with one attached hydrogen (secondary N) is 2. The lowest BCUT2D eigenvalue weighted by Gasteiger charge is -2.38. The third kappa shape index (κ3) is 4.41. The number of carbonyl (C=O) groups is 1. The van der Waals surface area contributed by atoms with Gasteiger partial charge in [-0.1, -0.05) is 6.92 Å². The van der Waals surface area contributed by atoms with Crippen LogP contribution in [-0.4, -0.2) is 34.7 Å². The van der Waals surface area contributed by atoms with E-state index >= 15 is 0 Å². The first-order valence-corrected chi connectivity index (χ1v) is 8.46. The first-order valence-electron chi connectivity index (χ1n) is 8.46. The lowest BCUT2D eigenvalue weighted by Crippen LogP contribution is -2.46. The molecule has 2 fully saturated rings. The van der Waals surface area contributed by atoms with E-state index in [0.717, 1.165) is 0 Å². The molecule has 1 aromatic heterocycles. The van der Waals surface area contributed by atoms with E-state index in [1.807, 2.05) is 0 Å². The van der Waals surface area contributed by atoms with Gasteiger partial charge >= 0.3 is 0 Å². The third-order valence-electron chi connectivity index (χ3n) is 4.61. The molecule has 0 saturated heterocycles. The topological polar surface area (TPSA) is 54.0 Å². The maximum Gasteiger partial charge on any atom is 0.252 e. The fraction of sp³-hybridized carbons (Fsp3) is 0.647. The van der Waals surface area contributed by atoms with Gasteiger partial charge in [-0.3, -0.25) is 4.79 Å². The minimum absolute atomic E-state index is 0.0213. The SMILES string of the molecule is CCC(=O)Cc1ccc(NC2CC(F)(F)C2)c(NC2CC(F)(F)C2)n1. The zero-order valence-electron chi connectivity index (χ0n) is 13.9. The number of ketones is 1. The van der Waals surface area contributed by atoms with Gasteiger partial charge in [0.1, 0.15) is 11.6 Å². The average Bonchev–Trinajstić information content (AvgIpc) is 2.45. The Morgan fingerprint density at radius 1 is 1.08 bits per heavy atom. The van der Waals surface area contributed by atoms with Crippen LogP contribution in [0.4, 0.5) is 29.1 Å². The summed E-state index contributed by atoms with van der Waals surface area (Å²) in [4.78, 5) is 15.9. The van der Waals surface area contributed by atoms with Crippen molar-refractivity contribution in [2.45, 2.75) is 69.4 Å². The van der Waals surface area contributed by atoms with Gasteiger partial charge in [-0.15, -0.1) is 0 Å². The molecular weight excluding hydrogens is 338 g/mol. The lowest BCUT2D eigenvalue weighted by molar-refractivity contribution is -0.118. The molecule has 0 amide bonds. The summed E-state index contributed by atoms with van der Waals surface area (Å²) >= 11 is 0. The molecule has 0 atom stereocenters. The molecule has 0 spiro atoms. The van der Waals surface area contributed by atoms with E-state index in [1.54, 1.807) is 19.1 Å². The molecule has 2 aliphatic rings. The van der Waals surface area contributed by atoms with Crippen LogP contribution in [0, 0.1) is 0 Å². The second-order valence-electron chi connectivity index (χ2n) is 6.98. The molecule has 2 aliphatic carbocycles. The van der Waals surface area contributed by atoms with Crippen LogP contribution in [0.1, 0.15) is 44.7 Å². The predicted molar refractivity (Wildman–Crippen MR) is 86.4 cm³/mol. The molecule has 3 rings (SSSR count). The number of carbonyl (C=O) groups excluding carboxylic acids is 1. The number of hydrogen-bond acceptors (Lipinski definition) is 4. The van der Waals surface area contributed by atoms with Crippen molar-refractivity contribution >= 4 is 17.3 Å². The number of aromatic nitrogens is 1. The van der Waals surface area contributed by atoms with Crippen molar-refractivity contribution in [3.63, 3.8) is 0 Å². The van der Waals surface area contributed by atoms with E-state index in [2.05, 4.69) is 15.6 Å². The zero-order valence-corrected chi connectivity index (χ0v) is 13.9. The Kier molecular flexibility index (Phi) is 4.64. The number of pyridine rings is 1. The van der Waals surface area contributed by atoms with Crippen LogP contribution >= 0.6 is 0 Å². The quantitative estimate of drug-likeness (QED) is 0.722. The summed E-state index contributed by atoms with van der Waals surface area (Å²) < 4.78 is 52.1. The second-order valence-corrected chi connectivity index (χ2v) is 6.98. The highest BCUT2D eigenvalue weighted by molar-refractivity contribution is 5.80. The fourth-order valence-electron chi connectivity index (χ4n) is 3.09. The first kappa shape index (κ1) is 17.9. The number of hydrogen-bond donors (Lipinski definition) is 2. The molecule has 8 heteroatoms. The maximum absolute atomic E-state index is 13.0. The van der Waals surface area contributed by atoms with E-state index in [0.29, 0.717) is 23.6 Å². The van der Waals surface area contributed by atoms with Gasteiger partial charge in [-0.2, -0.15) is 0 Å². The summed E-state index contributed by atoms with van der Waals surface area (Å²) in [5.74, 6) is -4.95. The van der Waals surface area contributed by atoms with Gasteiger partial charge in [0.15, 0.2) is 0 Å². The molecule has 0 aliphatic heterocycles. The Morgan fingerprint density at radius 2 is 1.64 bits per heavy atom. The summed E-state index contributed by atoms with van der Waals surface area (Å²) in [5, 5.41) is 5.95. The standard InChI is InChI=1S/C17H21F4N3O/c1-2-13(25)5-10-3-4-14(22-11-6-16(18,19)7-11)15(23-10)24-12-8-17(20,21)9-12/h3-4,11-12,22H,2,5-9H2,1H3,(H,23,24). The molecule has 0 aromatic carbocycles. The molecule has 138 valence electrons. The van der Waals surface area contributed by atoms with Crippen LogP contribution in [0.3, 0.4) is 0 Å². The van der Waals surface area contributed by atoms with Crippen LogP contribution in [0.15, 0.2) is 12.1 Å². The number of alkyl halides is 4. The van der Waals surface area contributed by atoms with Gasteiger partial charge in [-0.05, 0) is 12.1 Å². The maximum atomic E-state index is 13.0. The first-order chi connectivity index (χ1) is 11.7. The second kappa shape index (κ2) is 6.46. The van der Waals surface area contributed by atoms with Crippen LogP contribution in [0.2, 0.25) is 0 Å². The highest BCUT2D eigenvalue weighted by atomic mass is 19.3. The molecular formula is C17H21F4N3O. The van der Waals surface area contributed by atoms with Crippen molar-refractivity contribution < 1.29 is 22.4 Å². The number of halogens is 4. The molecule has 25 heavy (non-hydrogen) atoms. The number of rotatable bonds is 7. The van der Waals surface area contributed by atoms with Gasteiger partial charge < -0.3 is 10.6 Å². The fourth-order valence-corrected chi connectivity index (χ4v) is 3.09. The largest absolute Gasteiger partial charge is 0.379 e. The van der Waals surface area contributed by atoms with Gasteiger partial charge in [0, 0.05) is 50.6 Å². The van der Waals surface area contributed by atoms with Crippen LogP contribution in [0.25, 0.3) is 0 Å². The molecule has 0 unspecified atom stereocenters. The third-order valence-corrected chi connectivity index (χ3v) is 4.61. The predicted octanol–water partition coefficient (Wildman–Crippen LogP) is 4.02. The van der Waals surface area contributed by atoms with E-state index in [4.69, 9.17) is 0 Å². The number of nitrogens with zero attached hydrogens (tertiary/aromatic N) is 1. The van der Waals surface area contributed by atoms with Crippen molar-refractivity contribution in [2.75, 3.05) is 10.6 Å². The molecule has 2 saturated carbocycles. The Bertz CT molecular complexity index is 649. The Morgan fingerprint density at radius 3 is 2.16 bits per heavy atom. The van der Waals surface area contributed by atoms with Crippen LogP contribution in [0.5, 0.6) is 0 Å². The molecule has 0 bridgehead atoms. The summed E-state index contributed by atoms with van der Waals surface area (Å²) in [6.07, 6.45) is -0.542. The normalized spacial score (nSPS) is 22.0. The average molecular weight is 359 g/mol. The van der Waals surface area contributed by atoms with Gasteiger partial charge in [0.2, 0.25) is 0 Å². The summed E-state index contributed by atoms with van der Waals surface area (Å²) in [7, 11) is 0. The van der Waals surface area contributed by atoms with Gasteiger partial charge in [-0.25, -0.2) is 22.5 Å². The van der Waals surface area contributed by atoms with E-state index in [9.17, 15) is 22.4 Å². The Hall–Kier alpha value is -1.86. The van der Waals surface area contributed by atoms with Gasteiger partial charge in [0.25, 0.3) is 11.8 Å². The van der Waals surface area contributed by atoms with Crippen LogP contribution in [-0.2, 0) is 11.2 Å². The summed E-state index contributed by atoms with van der Waals surface area (Å²) in [6, 6.07) is 2.54. The van der Waals surface area contributed by atoms with Crippen LogP contribution < -0.4 is 10.6 Å². The number of Topliss-reactive ketones (excluding diaryl/α,β-unsaturated/α-hetero) is 1. The number of anilines is 2. The molecule has 2 N–H and O–H groups in total. The molecule has 4 nitrogen and oxygen atoms in total. The zero-order chi connectivity index (χ0) is 18.2. The molecule has 1 heterocycles. The smallest absolute Gasteiger partial charge is 0.252 e. The summed E-state index contributed by atoms with van der Waals surface area (Å²) in [6.45, 7) is 1.75. The van der Waals surface area contributed by atoms with Crippen molar-refractivity contribution in [3.8, 4) is 0 Å². The molecule has 1 aromatic rings. The monoisotopic (exact) mass is 359 g/mol. The minimum Gasteiger partial charge on any atom is -0.379 e. The lowest BCUT2D eigenvalue weighted by atomic mass is 9.87. The van der Waals surface area contributed by atoms with Crippen molar-refractivity contribution in [2.24, 2.45) is 0 Å².